The minimum Gasteiger partial charge on any atom is -0.338 e. The first-order valence-electron chi connectivity index (χ1n) is 8.87. The van der Waals surface area contributed by atoms with Gasteiger partial charge in [-0.15, -0.1) is 22.7 Å². The first-order chi connectivity index (χ1) is 15.2. The van der Waals surface area contributed by atoms with Crippen molar-refractivity contribution in [1.82, 2.24) is 30.5 Å². The van der Waals surface area contributed by atoms with Gasteiger partial charge in [-0.05, 0) is 13.0 Å². The van der Waals surface area contributed by atoms with Crippen molar-refractivity contribution in [3.63, 3.8) is 0 Å². The molecule has 4 heterocycles. The lowest BCUT2D eigenvalue weighted by atomic mass is 10.1. The summed E-state index contributed by atoms with van der Waals surface area (Å²) < 4.78 is 39.3. The predicted molar refractivity (Wildman–Crippen MR) is 113 cm³/mol. The number of carbonyl (C=O) groups excluding carboxylic acids is 1. The average Bonchev–Trinajstić information content (AvgIpc) is 3.39. The van der Waals surface area contributed by atoms with Gasteiger partial charge in [0.15, 0.2) is 11.2 Å². The number of fused-ring (bicyclic) bond motifs is 1. The van der Waals surface area contributed by atoms with E-state index in [2.05, 4.69) is 35.8 Å². The van der Waals surface area contributed by atoms with E-state index in [9.17, 15) is 27.6 Å². The molecule has 4 N–H and O–H groups in total. The van der Waals surface area contributed by atoms with Crippen molar-refractivity contribution in [3.8, 4) is 21.1 Å². The molecule has 166 valence electrons. The second-order valence-corrected chi connectivity index (χ2v) is 8.10. The van der Waals surface area contributed by atoms with Crippen LogP contribution < -0.4 is 21.8 Å². The molecular formula is C17H12F3N7O3S2. The normalized spacial score (nSPS) is 11.6. The van der Waals surface area contributed by atoms with Crippen molar-refractivity contribution in [2.24, 2.45) is 0 Å². The molecule has 0 bridgehead atoms. The van der Waals surface area contributed by atoms with E-state index in [0.29, 0.717) is 6.54 Å². The fraction of sp³-hybridized carbons (Fsp3) is 0.176. The Bertz CT molecular complexity index is 1390. The second kappa shape index (κ2) is 8.16. The summed E-state index contributed by atoms with van der Waals surface area (Å²) in [6.45, 7) is 2.07. The van der Waals surface area contributed by atoms with Crippen LogP contribution in [0.1, 0.15) is 12.6 Å². The molecule has 4 aromatic rings. The van der Waals surface area contributed by atoms with Crippen LogP contribution in [-0.2, 0) is 6.18 Å². The number of amides is 2. The Labute approximate surface area is 183 Å². The topological polar surface area (TPSA) is 146 Å². The Kier molecular flexibility index (Phi) is 5.52. The number of aromatic amines is 2. The summed E-state index contributed by atoms with van der Waals surface area (Å²) in [7, 11) is 0. The molecule has 4 rings (SSSR count). The molecule has 32 heavy (non-hydrogen) atoms. The summed E-state index contributed by atoms with van der Waals surface area (Å²) in [4.78, 5) is 47.8. The van der Waals surface area contributed by atoms with Crippen LogP contribution in [0.3, 0.4) is 0 Å². The minimum absolute atomic E-state index is 0.00394. The van der Waals surface area contributed by atoms with Gasteiger partial charge in [-0.2, -0.15) is 13.2 Å². The second-order valence-electron chi connectivity index (χ2n) is 6.24. The zero-order chi connectivity index (χ0) is 23.0. The number of halogens is 3. The third-order valence-corrected chi connectivity index (χ3v) is 6.04. The highest BCUT2D eigenvalue weighted by atomic mass is 32.1. The Hall–Kier alpha value is -3.59. The third kappa shape index (κ3) is 4.11. The summed E-state index contributed by atoms with van der Waals surface area (Å²) in [6, 6.07) is 0.802. The highest BCUT2D eigenvalue weighted by molar-refractivity contribution is 7.21. The highest BCUT2D eigenvalue weighted by Crippen LogP contribution is 2.39. The fourth-order valence-corrected chi connectivity index (χ4v) is 4.53. The zero-order valence-electron chi connectivity index (χ0n) is 16.0. The Morgan fingerprint density at radius 3 is 2.53 bits per heavy atom. The van der Waals surface area contributed by atoms with Gasteiger partial charge >= 0.3 is 12.2 Å². The van der Waals surface area contributed by atoms with Crippen molar-refractivity contribution in [3.05, 3.63) is 44.0 Å². The van der Waals surface area contributed by atoms with Gasteiger partial charge < -0.3 is 5.32 Å². The van der Waals surface area contributed by atoms with Gasteiger partial charge in [-0.25, -0.2) is 19.7 Å². The molecule has 0 aliphatic rings. The smallest absolute Gasteiger partial charge is 0.338 e. The molecular weight excluding hydrogens is 471 g/mol. The lowest BCUT2D eigenvalue weighted by Gasteiger charge is -2.09. The zero-order valence-corrected chi connectivity index (χ0v) is 17.6. The number of pyridine rings is 1. The maximum atomic E-state index is 13.1. The third-order valence-electron chi connectivity index (χ3n) is 4.08. The standard InChI is InChI=1S/C17H12F3N7O3S2/c1-2-21-16(30)24-9-3-6(14-23-8(5-31-14)17(18,19)20)7(4-22-9)15-25-10-11(32-15)13(29)27-26-12(10)28/h3-5H,2H2,1H3,(H,26,28)(H,27,29)(H2,21,22,24,30). The minimum atomic E-state index is -4.64. The Balaban J connectivity index is 1.88. The molecule has 0 radical (unpaired) electrons. The van der Waals surface area contributed by atoms with Crippen LogP contribution >= 0.6 is 22.7 Å². The molecule has 4 aromatic heterocycles. The lowest BCUT2D eigenvalue weighted by Crippen LogP contribution is -2.28. The molecule has 0 fully saturated rings. The number of rotatable bonds is 4. The van der Waals surface area contributed by atoms with Gasteiger partial charge in [-0.1, -0.05) is 0 Å². The molecule has 0 aliphatic heterocycles. The summed E-state index contributed by atoms with van der Waals surface area (Å²) >= 11 is 1.62. The quantitative estimate of drug-likeness (QED) is 0.351. The molecule has 0 aliphatic carbocycles. The van der Waals surface area contributed by atoms with Gasteiger partial charge in [0.25, 0.3) is 11.1 Å². The molecule has 0 saturated carbocycles. The van der Waals surface area contributed by atoms with Crippen molar-refractivity contribution >= 4 is 44.7 Å². The maximum Gasteiger partial charge on any atom is 0.434 e. The first kappa shape index (κ1) is 21.6. The van der Waals surface area contributed by atoms with Crippen LogP contribution in [0.25, 0.3) is 31.4 Å². The highest BCUT2D eigenvalue weighted by Gasteiger charge is 2.34. The number of aromatic nitrogens is 5. The summed E-state index contributed by atoms with van der Waals surface area (Å²) in [5.41, 5.74) is -1.94. The van der Waals surface area contributed by atoms with Gasteiger partial charge in [-0.3, -0.25) is 25.1 Å². The van der Waals surface area contributed by atoms with Crippen LogP contribution in [0.15, 0.2) is 27.2 Å². The van der Waals surface area contributed by atoms with Crippen molar-refractivity contribution in [2.75, 3.05) is 11.9 Å². The van der Waals surface area contributed by atoms with Gasteiger partial charge in [0, 0.05) is 29.2 Å². The fourth-order valence-electron chi connectivity index (χ4n) is 2.69. The molecule has 2 amide bonds. The number of urea groups is 1. The van der Waals surface area contributed by atoms with Crippen molar-refractivity contribution in [2.45, 2.75) is 13.1 Å². The summed E-state index contributed by atoms with van der Waals surface area (Å²) in [5.74, 6) is 0.0651. The van der Waals surface area contributed by atoms with Crippen LogP contribution in [0.4, 0.5) is 23.8 Å². The number of carbonyl (C=O) groups is 1. The molecule has 15 heteroatoms. The van der Waals surface area contributed by atoms with E-state index >= 15 is 0 Å². The number of H-pyrrole nitrogens is 2. The molecule has 0 aromatic carbocycles. The van der Waals surface area contributed by atoms with E-state index in [1.165, 1.54) is 12.3 Å². The Morgan fingerprint density at radius 2 is 1.88 bits per heavy atom. The van der Waals surface area contributed by atoms with E-state index in [0.717, 1.165) is 28.1 Å². The largest absolute Gasteiger partial charge is 0.434 e. The van der Waals surface area contributed by atoms with E-state index in [4.69, 9.17) is 0 Å². The van der Waals surface area contributed by atoms with Crippen molar-refractivity contribution < 1.29 is 18.0 Å². The number of nitrogens with one attached hydrogen (secondary N) is 4. The van der Waals surface area contributed by atoms with E-state index in [1.807, 2.05) is 0 Å². The monoisotopic (exact) mass is 483 g/mol. The van der Waals surface area contributed by atoms with Crippen LogP contribution in [0.5, 0.6) is 0 Å². The van der Waals surface area contributed by atoms with E-state index < -0.39 is 29.0 Å². The van der Waals surface area contributed by atoms with Gasteiger partial charge in [0.05, 0.1) is 0 Å². The van der Waals surface area contributed by atoms with Crippen molar-refractivity contribution in [1.29, 1.82) is 0 Å². The van der Waals surface area contributed by atoms with Gasteiger partial charge in [0.2, 0.25) is 0 Å². The van der Waals surface area contributed by atoms with Crippen LogP contribution in [0.2, 0.25) is 0 Å². The number of hydrogen-bond acceptors (Lipinski definition) is 8. The lowest BCUT2D eigenvalue weighted by molar-refractivity contribution is -0.140. The number of anilines is 1. The maximum absolute atomic E-state index is 13.1. The molecule has 0 spiro atoms. The molecule has 0 unspecified atom stereocenters. The van der Waals surface area contributed by atoms with E-state index in [-0.39, 0.29) is 37.2 Å². The first-order valence-corrected chi connectivity index (χ1v) is 10.6. The van der Waals surface area contributed by atoms with Crippen LogP contribution in [-0.4, -0.2) is 37.7 Å². The summed E-state index contributed by atoms with van der Waals surface area (Å²) in [5, 5.41) is 10.4. The average molecular weight is 483 g/mol. The van der Waals surface area contributed by atoms with Gasteiger partial charge in [0.1, 0.15) is 20.5 Å². The Morgan fingerprint density at radius 1 is 1.12 bits per heavy atom. The number of hydrogen-bond donors (Lipinski definition) is 4. The SMILES string of the molecule is CCNC(=O)Nc1cc(-c2nc(C(F)(F)F)cs2)c(-c2nc3c(=O)[nH][nH]c(=O)c3s2)cn1. The molecule has 0 saturated heterocycles. The number of nitrogens with zero attached hydrogens (tertiary/aromatic N) is 3. The van der Waals surface area contributed by atoms with Crippen LogP contribution in [0, 0.1) is 0 Å². The summed E-state index contributed by atoms with van der Waals surface area (Å²) in [6.07, 6.45) is -3.36. The number of thiazole rings is 2. The van der Waals surface area contributed by atoms with E-state index in [1.54, 1.807) is 6.92 Å². The molecule has 0 atom stereocenters. The predicted octanol–water partition coefficient (Wildman–Crippen LogP) is 3.02. The number of alkyl halides is 3. The molecule has 10 nitrogen and oxygen atoms in total.